The van der Waals surface area contributed by atoms with Crippen LogP contribution < -0.4 is 0 Å². The van der Waals surface area contributed by atoms with Gasteiger partial charge in [-0.15, -0.1) is 0 Å². The molecule has 1 heteroatoms. The van der Waals surface area contributed by atoms with Crippen molar-refractivity contribution in [2.24, 2.45) is 11.3 Å². The molecule has 0 aromatic carbocycles. The second-order valence-corrected chi connectivity index (χ2v) is 8.14. The summed E-state index contributed by atoms with van der Waals surface area (Å²) in [4.78, 5) is 10.3. The minimum absolute atomic E-state index is 0.333. The van der Waals surface area contributed by atoms with Crippen LogP contribution in [0.2, 0.25) is 0 Å². The Kier molecular flexibility index (Phi) is 10.0. The third-order valence-electron chi connectivity index (χ3n) is 4.98. The van der Waals surface area contributed by atoms with Crippen LogP contribution in [0.25, 0.3) is 0 Å². The second-order valence-electron chi connectivity index (χ2n) is 8.14. The maximum absolute atomic E-state index is 10.3. The summed E-state index contributed by atoms with van der Waals surface area (Å²) in [6.07, 6.45) is 23.3. The van der Waals surface area contributed by atoms with Gasteiger partial charge >= 0.3 is 0 Å². The van der Waals surface area contributed by atoms with Crippen LogP contribution in [0.3, 0.4) is 0 Å². The van der Waals surface area contributed by atoms with Crippen molar-refractivity contribution >= 4 is 6.29 Å². The summed E-state index contributed by atoms with van der Waals surface area (Å²) in [5.41, 5.74) is 5.11. The number of allylic oxidation sites excluding steroid dienone is 14. The summed E-state index contributed by atoms with van der Waals surface area (Å²) < 4.78 is 0. The van der Waals surface area contributed by atoms with Gasteiger partial charge in [0.2, 0.25) is 0 Å². The zero-order valence-electron chi connectivity index (χ0n) is 18.3. The van der Waals surface area contributed by atoms with Gasteiger partial charge in [0.15, 0.2) is 0 Å². The molecule has 0 amide bonds. The first-order valence-corrected chi connectivity index (χ1v) is 9.92. The van der Waals surface area contributed by atoms with Gasteiger partial charge in [0.1, 0.15) is 6.29 Å². The molecule has 0 radical (unpaired) electrons. The number of carbonyl (C=O) groups is 1. The van der Waals surface area contributed by atoms with Gasteiger partial charge in [-0.05, 0) is 75.3 Å². The summed E-state index contributed by atoms with van der Waals surface area (Å²) in [6.45, 7) is 13.1. The number of hydrogen-bond donors (Lipinski definition) is 0. The lowest BCUT2D eigenvalue weighted by Crippen LogP contribution is -2.26. The van der Waals surface area contributed by atoms with Crippen LogP contribution >= 0.6 is 0 Å². The number of carbonyl (C=O) groups excluding carboxylic acids is 1. The van der Waals surface area contributed by atoms with E-state index in [2.05, 4.69) is 76.0 Å². The SMILES string of the molecule is CC1=CCCC(C)(C)[C@H]1/C=C/C(C)=C/C=C/C(C)=C/C#C/C=C(C)/C=C\C=O. The molecule has 148 valence electrons. The van der Waals surface area contributed by atoms with Gasteiger partial charge in [-0.1, -0.05) is 79.4 Å². The Bertz CT molecular complexity index is 808. The fourth-order valence-electron chi connectivity index (χ4n) is 3.24. The molecule has 1 atom stereocenters. The van der Waals surface area contributed by atoms with Crippen LogP contribution in [-0.4, -0.2) is 6.29 Å². The van der Waals surface area contributed by atoms with Crippen LogP contribution in [0, 0.1) is 23.2 Å². The predicted molar refractivity (Wildman–Crippen MR) is 123 cm³/mol. The van der Waals surface area contributed by atoms with Crippen molar-refractivity contribution < 1.29 is 4.79 Å². The lowest BCUT2D eigenvalue weighted by atomic mass is 9.68. The van der Waals surface area contributed by atoms with E-state index in [0.717, 1.165) is 17.4 Å². The third kappa shape index (κ3) is 8.87. The van der Waals surface area contributed by atoms with E-state index in [-0.39, 0.29) is 0 Å². The van der Waals surface area contributed by atoms with Gasteiger partial charge in [-0.25, -0.2) is 0 Å². The Morgan fingerprint density at radius 1 is 1.00 bits per heavy atom. The molecule has 0 bridgehead atoms. The molecular weight excluding hydrogens is 340 g/mol. The molecule has 0 aliphatic heterocycles. The largest absolute Gasteiger partial charge is 0.299 e. The van der Waals surface area contributed by atoms with Crippen LogP contribution in [0.5, 0.6) is 0 Å². The van der Waals surface area contributed by atoms with Crippen LogP contribution in [0.15, 0.2) is 83.1 Å². The zero-order chi connectivity index (χ0) is 21.0. The van der Waals surface area contributed by atoms with Crippen molar-refractivity contribution in [2.45, 2.75) is 54.4 Å². The van der Waals surface area contributed by atoms with Gasteiger partial charge in [-0.3, -0.25) is 4.79 Å². The van der Waals surface area contributed by atoms with E-state index >= 15 is 0 Å². The quantitative estimate of drug-likeness (QED) is 0.160. The summed E-state index contributed by atoms with van der Waals surface area (Å²) >= 11 is 0. The highest BCUT2D eigenvalue weighted by Crippen LogP contribution is 2.41. The van der Waals surface area contributed by atoms with Gasteiger partial charge in [0, 0.05) is 5.92 Å². The normalized spacial score (nSPS) is 21.1. The van der Waals surface area contributed by atoms with E-state index < -0.39 is 0 Å². The average molecular weight is 375 g/mol. The molecule has 1 aliphatic rings. The Morgan fingerprint density at radius 3 is 2.18 bits per heavy atom. The maximum Gasteiger partial charge on any atom is 0.142 e. The monoisotopic (exact) mass is 374 g/mol. The minimum atomic E-state index is 0.333. The summed E-state index contributed by atoms with van der Waals surface area (Å²) in [5, 5.41) is 0. The standard InChI is InChI=1S/C27H34O/c1-22(12-7-8-13-23(2)16-11-21-28)14-9-15-24(3)18-19-26-25(4)17-10-20-27(26,5)6/h9,11-19,21,26H,10,20H2,1-6H3/b14-9+,16-11-,19-18+,22-12+,23-13+,24-15+/t26-/m0/s1. The van der Waals surface area contributed by atoms with Crippen molar-refractivity contribution in [3.63, 3.8) is 0 Å². The van der Waals surface area contributed by atoms with E-state index in [4.69, 9.17) is 0 Å². The van der Waals surface area contributed by atoms with Crippen molar-refractivity contribution in [3.05, 3.63) is 83.1 Å². The molecule has 0 fully saturated rings. The molecule has 0 unspecified atom stereocenters. The van der Waals surface area contributed by atoms with Crippen molar-refractivity contribution in [1.29, 1.82) is 0 Å². The molecule has 1 aliphatic carbocycles. The molecule has 1 nitrogen and oxygen atoms in total. The number of rotatable bonds is 6. The highest BCUT2D eigenvalue weighted by Gasteiger charge is 2.30. The first-order chi connectivity index (χ1) is 13.3. The minimum Gasteiger partial charge on any atom is -0.299 e. The first kappa shape index (κ1) is 23.4. The lowest BCUT2D eigenvalue weighted by molar-refractivity contribution is -0.104. The Morgan fingerprint density at radius 2 is 1.61 bits per heavy atom. The molecule has 0 saturated heterocycles. The van der Waals surface area contributed by atoms with Crippen LogP contribution in [-0.2, 0) is 4.79 Å². The lowest BCUT2D eigenvalue weighted by Gasteiger charge is -2.36. The molecular formula is C27H34O. The maximum atomic E-state index is 10.3. The Balaban J connectivity index is 2.68. The average Bonchev–Trinajstić information content (AvgIpc) is 2.62. The van der Waals surface area contributed by atoms with E-state index in [1.165, 1.54) is 30.1 Å². The zero-order valence-corrected chi connectivity index (χ0v) is 18.3. The van der Waals surface area contributed by atoms with Crippen LogP contribution in [0.1, 0.15) is 54.4 Å². The van der Waals surface area contributed by atoms with Crippen molar-refractivity contribution in [1.82, 2.24) is 0 Å². The molecule has 0 heterocycles. The highest BCUT2D eigenvalue weighted by molar-refractivity contribution is 5.65. The first-order valence-electron chi connectivity index (χ1n) is 9.92. The van der Waals surface area contributed by atoms with E-state index in [1.807, 2.05) is 19.9 Å². The molecule has 0 saturated carbocycles. The van der Waals surface area contributed by atoms with Gasteiger partial charge < -0.3 is 0 Å². The van der Waals surface area contributed by atoms with Crippen LogP contribution in [0.4, 0.5) is 0 Å². The van der Waals surface area contributed by atoms with E-state index in [0.29, 0.717) is 11.3 Å². The molecule has 1 rings (SSSR count). The highest BCUT2D eigenvalue weighted by atomic mass is 16.1. The Labute approximate surface area is 172 Å². The summed E-state index contributed by atoms with van der Waals surface area (Å²) in [7, 11) is 0. The molecule has 0 spiro atoms. The summed E-state index contributed by atoms with van der Waals surface area (Å²) in [6, 6.07) is 0. The molecule has 0 aromatic heterocycles. The third-order valence-corrected chi connectivity index (χ3v) is 4.98. The van der Waals surface area contributed by atoms with Gasteiger partial charge in [0.05, 0.1) is 0 Å². The van der Waals surface area contributed by atoms with Crippen molar-refractivity contribution in [3.8, 4) is 11.8 Å². The number of hydrogen-bond acceptors (Lipinski definition) is 1. The topological polar surface area (TPSA) is 17.1 Å². The Hall–Kier alpha value is -2.59. The van der Waals surface area contributed by atoms with Gasteiger partial charge in [0.25, 0.3) is 0 Å². The fraction of sp³-hybridized carbons (Fsp3) is 0.370. The fourth-order valence-corrected chi connectivity index (χ4v) is 3.24. The smallest absolute Gasteiger partial charge is 0.142 e. The molecule has 28 heavy (non-hydrogen) atoms. The summed E-state index contributed by atoms with van der Waals surface area (Å²) in [5.74, 6) is 6.50. The molecule has 0 aromatic rings. The van der Waals surface area contributed by atoms with Gasteiger partial charge in [-0.2, -0.15) is 0 Å². The predicted octanol–water partition coefficient (Wildman–Crippen LogP) is 7.08. The molecule has 0 N–H and O–H groups in total. The second kappa shape index (κ2) is 12.0. The van der Waals surface area contributed by atoms with Crippen molar-refractivity contribution in [2.75, 3.05) is 0 Å². The van der Waals surface area contributed by atoms with E-state index in [9.17, 15) is 4.79 Å². The van der Waals surface area contributed by atoms with E-state index in [1.54, 1.807) is 12.2 Å². The number of aldehydes is 1.